The normalized spacial score (nSPS) is 24.3. The number of likely N-dealkylation sites (N-methyl/N-ethyl adjacent to an activating group) is 1. The van der Waals surface area contributed by atoms with Gasteiger partial charge in [-0.05, 0) is 38.8 Å². The summed E-state index contributed by atoms with van der Waals surface area (Å²) in [5, 5.41) is 3.20. The zero-order chi connectivity index (χ0) is 17.9. The molecule has 8 nitrogen and oxygen atoms in total. The van der Waals surface area contributed by atoms with E-state index in [1.54, 1.807) is 12.7 Å². The molecule has 4 heterocycles. The lowest BCUT2D eigenvalue weighted by Gasteiger charge is -2.33. The van der Waals surface area contributed by atoms with E-state index in [0.29, 0.717) is 18.2 Å². The summed E-state index contributed by atoms with van der Waals surface area (Å²) in [7, 11) is 0. The van der Waals surface area contributed by atoms with Crippen LogP contribution < -0.4 is 10.2 Å². The lowest BCUT2D eigenvalue weighted by molar-refractivity contribution is -0.125. The molecule has 2 N–H and O–H groups in total. The minimum Gasteiger partial charge on any atom is -0.354 e. The molecule has 0 unspecified atom stereocenters. The Labute approximate surface area is 153 Å². The van der Waals surface area contributed by atoms with Gasteiger partial charge in [0.15, 0.2) is 11.5 Å². The summed E-state index contributed by atoms with van der Waals surface area (Å²) in [6.45, 7) is 6.77. The van der Waals surface area contributed by atoms with E-state index in [-0.39, 0.29) is 11.8 Å². The molecule has 0 radical (unpaired) electrons. The van der Waals surface area contributed by atoms with Crippen LogP contribution in [-0.4, -0.2) is 69.5 Å². The lowest BCUT2D eigenvalue weighted by Crippen LogP contribution is -2.46. The van der Waals surface area contributed by atoms with Crippen LogP contribution >= 0.6 is 0 Å². The lowest BCUT2D eigenvalue weighted by atomic mass is 9.97. The third-order valence-corrected chi connectivity index (χ3v) is 5.71. The summed E-state index contributed by atoms with van der Waals surface area (Å²) in [5.41, 5.74) is 1.51. The Morgan fingerprint density at radius 2 is 2.15 bits per heavy atom. The maximum atomic E-state index is 12.7. The van der Waals surface area contributed by atoms with E-state index in [1.165, 1.54) is 12.8 Å². The van der Waals surface area contributed by atoms with Crippen molar-refractivity contribution in [1.29, 1.82) is 0 Å². The van der Waals surface area contributed by atoms with E-state index in [0.717, 1.165) is 50.4 Å². The molecule has 2 atom stereocenters. The molecule has 0 saturated carbocycles. The molecule has 0 aliphatic carbocycles. The number of piperidine rings is 1. The smallest absolute Gasteiger partial charge is 0.224 e. The maximum absolute atomic E-state index is 12.7. The predicted molar refractivity (Wildman–Crippen MR) is 99.9 cm³/mol. The van der Waals surface area contributed by atoms with Crippen molar-refractivity contribution < 1.29 is 4.79 Å². The molecule has 2 aromatic rings. The number of H-pyrrole nitrogens is 1. The maximum Gasteiger partial charge on any atom is 0.224 e. The first-order valence-electron chi connectivity index (χ1n) is 9.67. The van der Waals surface area contributed by atoms with E-state index < -0.39 is 0 Å². The van der Waals surface area contributed by atoms with Crippen molar-refractivity contribution >= 4 is 22.9 Å². The zero-order valence-corrected chi connectivity index (χ0v) is 15.3. The van der Waals surface area contributed by atoms with E-state index in [4.69, 9.17) is 0 Å². The number of imidazole rings is 1. The Kier molecular flexibility index (Phi) is 5.01. The molecule has 140 valence electrons. The van der Waals surface area contributed by atoms with Crippen LogP contribution in [0.25, 0.3) is 11.2 Å². The van der Waals surface area contributed by atoms with Gasteiger partial charge in [-0.1, -0.05) is 6.92 Å². The molecule has 4 rings (SSSR count). The highest BCUT2D eigenvalue weighted by atomic mass is 16.1. The van der Waals surface area contributed by atoms with Crippen LogP contribution in [0.4, 0.5) is 5.82 Å². The van der Waals surface area contributed by atoms with Gasteiger partial charge in [0.25, 0.3) is 0 Å². The van der Waals surface area contributed by atoms with Crippen LogP contribution in [0.5, 0.6) is 0 Å². The van der Waals surface area contributed by atoms with Crippen LogP contribution in [-0.2, 0) is 4.79 Å². The highest BCUT2D eigenvalue weighted by Gasteiger charge is 2.29. The molecule has 2 aliphatic rings. The fourth-order valence-electron chi connectivity index (χ4n) is 4.28. The number of aromatic nitrogens is 4. The molecular formula is C18H27N7O. The molecule has 8 heteroatoms. The summed E-state index contributed by atoms with van der Waals surface area (Å²) in [4.78, 5) is 33.3. The number of amides is 1. The molecule has 0 spiro atoms. The summed E-state index contributed by atoms with van der Waals surface area (Å²) < 4.78 is 0. The van der Waals surface area contributed by atoms with Crippen LogP contribution in [0, 0.1) is 5.92 Å². The van der Waals surface area contributed by atoms with Gasteiger partial charge in [-0.2, -0.15) is 0 Å². The van der Waals surface area contributed by atoms with E-state index in [1.807, 2.05) is 0 Å². The van der Waals surface area contributed by atoms with Crippen LogP contribution in [0.15, 0.2) is 12.7 Å². The molecule has 2 saturated heterocycles. The van der Waals surface area contributed by atoms with Crippen molar-refractivity contribution in [3.8, 4) is 0 Å². The first-order valence-corrected chi connectivity index (χ1v) is 9.67. The Balaban J connectivity index is 1.39. The van der Waals surface area contributed by atoms with Gasteiger partial charge in [0.05, 0.1) is 12.2 Å². The van der Waals surface area contributed by atoms with Crippen molar-refractivity contribution in [3.05, 3.63) is 12.7 Å². The quantitative estimate of drug-likeness (QED) is 0.835. The monoisotopic (exact) mass is 357 g/mol. The number of rotatable bonds is 5. The Morgan fingerprint density at radius 1 is 1.27 bits per heavy atom. The second-order valence-electron chi connectivity index (χ2n) is 7.25. The predicted octanol–water partition coefficient (Wildman–Crippen LogP) is 1.17. The second kappa shape index (κ2) is 7.57. The van der Waals surface area contributed by atoms with Crippen LogP contribution in [0.1, 0.15) is 32.6 Å². The third-order valence-electron chi connectivity index (χ3n) is 5.71. The van der Waals surface area contributed by atoms with Gasteiger partial charge < -0.3 is 15.2 Å². The van der Waals surface area contributed by atoms with Crippen molar-refractivity contribution in [2.24, 2.45) is 5.92 Å². The van der Waals surface area contributed by atoms with Gasteiger partial charge in [0.1, 0.15) is 11.8 Å². The highest BCUT2D eigenvalue weighted by Crippen LogP contribution is 2.26. The van der Waals surface area contributed by atoms with Gasteiger partial charge in [-0.3, -0.25) is 9.69 Å². The van der Waals surface area contributed by atoms with Gasteiger partial charge in [-0.15, -0.1) is 0 Å². The SMILES string of the molecule is CCN1CCC[C@@H]1CNC(=O)[C@H]1CCCN(c2ncnc3nc[nH]c23)C1. The molecular weight excluding hydrogens is 330 g/mol. The molecule has 2 fully saturated rings. The molecule has 0 aromatic carbocycles. The first kappa shape index (κ1) is 17.2. The molecule has 26 heavy (non-hydrogen) atoms. The van der Waals surface area contributed by atoms with Crippen molar-refractivity contribution in [2.45, 2.75) is 38.6 Å². The highest BCUT2D eigenvalue weighted by molar-refractivity contribution is 5.84. The van der Waals surface area contributed by atoms with Crippen LogP contribution in [0.3, 0.4) is 0 Å². The van der Waals surface area contributed by atoms with Crippen molar-refractivity contribution in [3.63, 3.8) is 0 Å². The number of fused-ring (bicyclic) bond motifs is 1. The summed E-state index contributed by atoms with van der Waals surface area (Å²) in [6, 6.07) is 0.495. The first-order chi connectivity index (χ1) is 12.8. The topological polar surface area (TPSA) is 90.0 Å². The Morgan fingerprint density at radius 3 is 3.04 bits per heavy atom. The number of hydrogen-bond acceptors (Lipinski definition) is 6. The molecule has 2 aromatic heterocycles. The average Bonchev–Trinajstić information content (AvgIpc) is 3.34. The summed E-state index contributed by atoms with van der Waals surface area (Å²) >= 11 is 0. The fraction of sp³-hybridized carbons (Fsp3) is 0.667. The third kappa shape index (κ3) is 3.38. The number of hydrogen-bond donors (Lipinski definition) is 2. The van der Waals surface area contributed by atoms with Gasteiger partial charge in [0, 0.05) is 25.7 Å². The Bertz CT molecular complexity index is 761. The van der Waals surface area contributed by atoms with E-state index >= 15 is 0 Å². The minimum absolute atomic E-state index is 0.00756. The Hall–Kier alpha value is -2.22. The number of carbonyl (C=O) groups excluding carboxylic acids is 1. The van der Waals surface area contributed by atoms with Crippen molar-refractivity contribution in [2.75, 3.05) is 37.6 Å². The fourth-order valence-corrected chi connectivity index (χ4v) is 4.28. The molecule has 2 aliphatic heterocycles. The summed E-state index contributed by atoms with van der Waals surface area (Å²) in [5.74, 6) is 1.03. The molecule has 1 amide bonds. The van der Waals surface area contributed by atoms with Gasteiger partial charge >= 0.3 is 0 Å². The average molecular weight is 357 g/mol. The number of nitrogens with zero attached hydrogens (tertiary/aromatic N) is 5. The number of aromatic amines is 1. The number of carbonyl (C=O) groups is 1. The summed E-state index contributed by atoms with van der Waals surface area (Å²) in [6.07, 6.45) is 7.52. The minimum atomic E-state index is 0.00756. The number of anilines is 1. The molecule has 0 bridgehead atoms. The van der Waals surface area contributed by atoms with Gasteiger partial charge in [-0.25, -0.2) is 15.0 Å². The standard InChI is InChI=1S/C18H27N7O/c1-2-24-7-4-6-14(24)9-19-18(26)13-5-3-8-25(10-13)17-15-16(21-11-20-15)22-12-23-17/h11-14H,2-10H2,1H3,(H,19,26)(H,20,21,22,23)/t13-,14+/m0/s1. The second-order valence-corrected chi connectivity index (χ2v) is 7.25. The van der Waals surface area contributed by atoms with E-state index in [9.17, 15) is 4.79 Å². The van der Waals surface area contributed by atoms with E-state index in [2.05, 4.69) is 42.0 Å². The number of nitrogens with one attached hydrogen (secondary N) is 2. The number of likely N-dealkylation sites (tertiary alicyclic amines) is 1. The zero-order valence-electron chi connectivity index (χ0n) is 15.3. The van der Waals surface area contributed by atoms with Gasteiger partial charge in [0.2, 0.25) is 5.91 Å². The van der Waals surface area contributed by atoms with Crippen LogP contribution in [0.2, 0.25) is 0 Å². The largest absolute Gasteiger partial charge is 0.354 e. The van der Waals surface area contributed by atoms with Crippen molar-refractivity contribution in [1.82, 2.24) is 30.2 Å².